The molecule has 84 valence electrons. The highest BCUT2D eigenvalue weighted by atomic mass is 79.9. The molecule has 0 saturated heterocycles. The number of nitrogens with zero attached hydrogens (tertiary/aromatic N) is 2. The molecule has 4 heteroatoms. The molecule has 0 atom stereocenters. The molecule has 0 radical (unpaired) electrons. The quantitative estimate of drug-likeness (QED) is 0.628. The Morgan fingerprint density at radius 1 is 0.941 bits per heavy atom. The average Bonchev–Trinajstić information content (AvgIpc) is 2.74. The number of imidazole rings is 1. The first kappa shape index (κ1) is 11.0. The highest BCUT2D eigenvalue weighted by Gasteiger charge is 2.07. The van der Waals surface area contributed by atoms with Gasteiger partial charge in [0.05, 0.1) is 11.0 Å². The lowest BCUT2D eigenvalue weighted by molar-refractivity contribution is 1.09. The van der Waals surface area contributed by atoms with Crippen LogP contribution in [0.25, 0.3) is 16.7 Å². The molecule has 17 heavy (non-hydrogen) atoms. The molecule has 0 bridgehead atoms. The molecule has 1 aromatic heterocycles. The molecule has 0 N–H and O–H groups in total. The van der Waals surface area contributed by atoms with Crippen LogP contribution in [0.4, 0.5) is 0 Å². The van der Waals surface area contributed by atoms with Crippen molar-refractivity contribution in [3.63, 3.8) is 0 Å². The van der Waals surface area contributed by atoms with Crippen LogP contribution in [0.2, 0.25) is 0 Å². The van der Waals surface area contributed by atoms with Gasteiger partial charge in [-0.05, 0) is 56.1 Å². The van der Waals surface area contributed by atoms with Gasteiger partial charge in [0, 0.05) is 14.6 Å². The van der Waals surface area contributed by atoms with Crippen molar-refractivity contribution >= 4 is 42.9 Å². The van der Waals surface area contributed by atoms with E-state index >= 15 is 0 Å². The van der Waals surface area contributed by atoms with Gasteiger partial charge in [-0.2, -0.15) is 0 Å². The van der Waals surface area contributed by atoms with Gasteiger partial charge in [-0.3, -0.25) is 4.57 Å². The Bertz CT molecular complexity index is 674. The number of para-hydroxylation sites is 1. The maximum atomic E-state index is 4.41. The third-order valence-electron chi connectivity index (χ3n) is 2.62. The minimum absolute atomic E-state index is 0.976. The zero-order valence-electron chi connectivity index (χ0n) is 8.77. The number of hydrogen-bond donors (Lipinski definition) is 0. The molecule has 0 spiro atoms. The third-order valence-corrected chi connectivity index (χ3v) is 4.47. The monoisotopic (exact) mass is 350 g/mol. The molecule has 0 amide bonds. The Morgan fingerprint density at radius 3 is 2.41 bits per heavy atom. The van der Waals surface area contributed by atoms with E-state index in [2.05, 4.69) is 59.6 Å². The van der Waals surface area contributed by atoms with Crippen molar-refractivity contribution in [1.29, 1.82) is 0 Å². The van der Waals surface area contributed by atoms with Gasteiger partial charge in [-0.1, -0.05) is 18.2 Å². The minimum Gasteiger partial charge on any atom is -0.299 e. The Kier molecular flexibility index (Phi) is 2.76. The van der Waals surface area contributed by atoms with Crippen LogP contribution in [-0.2, 0) is 0 Å². The summed E-state index contributed by atoms with van der Waals surface area (Å²) in [5.41, 5.74) is 3.18. The maximum absolute atomic E-state index is 4.41. The first-order valence-corrected chi connectivity index (χ1v) is 6.72. The number of hydrogen-bond acceptors (Lipinski definition) is 1. The second-order valence-corrected chi connectivity index (χ2v) is 5.41. The first-order chi connectivity index (χ1) is 8.25. The molecule has 0 aliphatic carbocycles. The molecule has 3 aromatic rings. The highest BCUT2D eigenvalue weighted by Crippen LogP contribution is 2.29. The summed E-state index contributed by atoms with van der Waals surface area (Å²) >= 11 is 7.01. The fourth-order valence-corrected chi connectivity index (χ4v) is 2.46. The summed E-state index contributed by atoms with van der Waals surface area (Å²) in [7, 11) is 0. The number of halogens is 2. The van der Waals surface area contributed by atoms with E-state index in [1.165, 1.54) is 0 Å². The van der Waals surface area contributed by atoms with Gasteiger partial charge in [-0.25, -0.2) is 4.98 Å². The van der Waals surface area contributed by atoms with Gasteiger partial charge < -0.3 is 0 Å². The summed E-state index contributed by atoms with van der Waals surface area (Å²) < 4.78 is 4.12. The molecule has 0 aliphatic rings. The Hall–Kier alpha value is -1.13. The van der Waals surface area contributed by atoms with E-state index in [9.17, 15) is 0 Å². The predicted molar refractivity (Wildman–Crippen MR) is 76.5 cm³/mol. The molecular formula is C13H8Br2N2. The molecule has 0 unspecified atom stereocenters. The molecular weight excluding hydrogens is 344 g/mol. The second kappa shape index (κ2) is 4.27. The normalized spacial score (nSPS) is 10.9. The van der Waals surface area contributed by atoms with Gasteiger partial charge in [0.1, 0.15) is 6.33 Å². The molecule has 2 aromatic carbocycles. The van der Waals surface area contributed by atoms with Crippen LogP contribution in [0.3, 0.4) is 0 Å². The third kappa shape index (κ3) is 1.91. The van der Waals surface area contributed by atoms with Gasteiger partial charge >= 0.3 is 0 Å². The Morgan fingerprint density at radius 2 is 1.65 bits per heavy atom. The first-order valence-electron chi connectivity index (χ1n) is 5.13. The maximum Gasteiger partial charge on any atom is 0.100 e. The smallest absolute Gasteiger partial charge is 0.100 e. The van der Waals surface area contributed by atoms with Crippen molar-refractivity contribution in [2.45, 2.75) is 0 Å². The lowest BCUT2D eigenvalue weighted by Crippen LogP contribution is -1.90. The van der Waals surface area contributed by atoms with Crippen molar-refractivity contribution in [3.8, 4) is 5.69 Å². The standard InChI is InChI=1S/C13H8Br2N2/c14-10-6-12-13(7-11(10)15)17(8-16-12)9-4-2-1-3-5-9/h1-8H. The van der Waals surface area contributed by atoms with Crippen LogP contribution in [0.1, 0.15) is 0 Å². The molecule has 0 fully saturated rings. The topological polar surface area (TPSA) is 17.8 Å². The summed E-state index contributed by atoms with van der Waals surface area (Å²) in [5, 5.41) is 0. The van der Waals surface area contributed by atoms with Crippen LogP contribution < -0.4 is 0 Å². The van der Waals surface area contributed by atoms with Crippen LogP contribution in [0.15, 0.2) is 57.7 Å². The molecule has 0 aliphatic heterocycles. The van der Waals surface area contributed by atoms with E-state index in [0.717, 1.165) is 25.7 Å². The fraction of sp³-hybridized carbons (Fsp3) is 0. The summed E-state index contributed by atoms with van der Waals surface area (Å²) in [4.78, 5) is 4.41. The van der Waals surface area contributed by atoms with E-state index in [-0.39, 0.29) is 0 Å². The summed E-state index contributed by atoms with van der Waals surface area (Å²) in [5.74, 6) is 0. The van der Waals surface area contributed by atoms with Gasteiger partial charge in [-0.15, -0.1) is 0 Å². The summed E-state index contributed by atoms with van der Waals surface area (Å²) in [6.45, 7) is 0. The van der Waals surface area contributed by atoms with Crippen molar-refractivity contribution in [2.24, 2.45) is 0 Å². The van der Waals surface area contributed by atoms with E-state index in [1.54, 1.807) is 0 Å². The number of benzene rings is 2. The fourth-order valence-electron chi connectivity index (χ4n) is 1.80. The number of rotatable bonds is 1. The van der Waals surface area contributed by atoms with Crippen LogP contribution in [0, 0.1) is 0 Å². The molecule has 1 heterocycles. The Labute approximate surface area is 116 Å². The van der Waals surface area contributed by atoms with Crippen molar-refractivity contribution in [3.05, 3.63) is 57.7 Å². The largest absolute Gasteiger partial charge is 0.299 e. The van der Waals surface area contributed by atoms with E-state index in [1.807, 2.05) is 30.6 Å². The number of fused-ring (bicyclic) bond motifs is 1. The van der Waals surface area contributed by atoms with E-state index in [0.29, 0.717) is 0 Å². The molecule has 3 rings (SSSR count). The minimum atomic E-state index is 0.976. The zero-order chi connectivity index (χ0) is 11.8. The van der Waals surface area contributed by atoms with E-state index < -0.39 is 0 Å². The summed E-state index contributed by atoms with van der Waals surface area (Å²) in [6, 6.07) is 14.3. The van der Waals surface area contributed by atoms with Gasteiger partial charge in [0.15, 0.2) is 0 Å². The lowest BCUT2D eigenvalue weighted by atomic mass is 10.3. The van der Waals surface area contributed by atoms with Crippen LogP contribution in [0.5, 0.6) is 0 Å². The SMILES string of the molecule is Brc1cc2ncn(-c3ccccc3)c2cc1Br. The van der Waals surface area contributed by atoms with Crippen molar-refractivity contribution in [2.75, 3.05) is 0 Å². The Balaban J connectivity index is 2.29. The van der Waals surface area contributed by atoms with Gasteiger partial charge in [0.2, 0.25) is 0 Å². The molecule has 0 saturated carbocycles. The second-order valence-electron chi connectivity index (χ2n) is 3.71. The van der Waals surface area contributed by atoms with Crippen LogP contribution in [-0.4, -0.2) is 9.55 Å². The van der Waals surface area contributed by atoms with Crippen LogP contribution >= 0.6 is 31.9 Å². The highest BCUT2D eigenvalue weighted by molar-refractivity contribution is 9.13. The lowest BCUT2D eigenvalue weighted by Gasteiger charge is -2.04. The zero-order valence-corrected chi connectivity index (χ0v) is 11.9. The van der Waals surface area contributed by atoms with Crippen molar-refractivity contribution in [1.82, 2.24) is 9.55 Å². The van der Waals surface area contributed by atoms with Gasteiger partial charge in [0.25, 0.3) is 0 Å². The molecule has 2 nitrogen and oxygen atoms in total. The van der Waals surface area contributed by atoms with Crippen molar-refractivity contribution < 1.29 is 0 Å². The number of aromatic nitrogens is 2. The van der Waals surface area contributed by atoms with E-state index in [4.69, 9.17) is 0 Å². The predicted octanol–water partition coefficient (Wildman–Crippen LogP) is 4.55. The summed E-state index contributed by atoms with van der Waals surface area (Å²) in [6.07, 6.45) is 1.85. The average molecular weight is 352 g/mol.